The monoisotopic (exact) mass is 200 g/mol. The van der Waals surface area contributed by atoms with Crippen molar-refractivity contribution >= 4 is 0 Å². The first-order valence-electron chi connectivity index (χ1n) is 5.88. The first-order valence-corrected chi connectivity index (χ1v) is 5.88. The molecule has 0 heteroatoms. The maximum absolute atomic E-state index is 2.39. The van der Waals surface area contributed by atoms with Crippen molar-refractivity contribution in [2.75, 3.05) is 0 Å². The van der Waals surface area contributed by atoms with Crippen molar-refractivity contribution in [3.05, 3.63) is 47.0 Å². The second-order valence-electron chi connectivity index (χ2n) is 5.08. The Morgan fingerprint density at radius 2 is 1.80 bits per heavy atom. The molecule has 0 aromatic heterocycles. The third-order valence-corrected chi connectivity index (χ3v) is 3.42. The maximum atomic E-state index is 2.39. The average Bonchev–Trinajstić information content (AvgIpc) is 2.17. The van der Waals surface area contributed by atoms with E-state index in [0.717, 1.165) is 0 Å². The van der Waals surface area contributed by atoms with Gasteiger partial charge < -0.3 is 0 Å². The highest BCUT2D eigenvalue weighted by molar-refractivity contribution is 5.43. The van der Waals surface area contributed by atoms with Crippen LogP contribution in [0.5, 0.6) is 0 Å². The highest BCUT2D eigenvalue weighted by atomic mass is 14.3. The summed E-state index contributed by atoms with van der Waals surface area (Å²) in [5.74, 6) is 1.88. The summed E-state index contributed by atoms with van der Waals surface area (Å²) in [6.07, 6.45) is 4.74. The minimum atomic E-state index is 0.579. The van der Waals surface area contributed by atoms with Crippen LogP contribution >= 0.6 is 0 Å². The van der Waals surface area contributed by atoms with Crippen LogP contribution in [-0.2, 0) is 0 Å². The molecule has 0 N–H and O–H groups in total. The van der Waals surface area contributed by atoms with E-state index in [4.69, 9.17) is 0 Å². The Hall–Kier alpha value is -1.04. The molecule has 0 fully saturated rings. The molecule has 0 radical (unpaired) electrons. The van der Waals surface area contributed by atoms with Gasteiger partial charge in [-0.3, -0.25) is 0 Å². The van der Waals surface area contributed by atoms with Gasteiger partial charge in [-0.15, -0.1) is 0 Å². The van der Waals surface area contributed by atoms with Crippen LogP contribution < -0.4 is 0 Å². The summed E-state index contributed by atoms with van der Waals surface area (Å²) in [5, 5.41) is 0. The molecule has 80 valence electrons. The van der Waals surface area contributed by atoms with Gasteiger partial charge in [0.25, 0.3) is 0 Å². The Balaban J connectivity index is 2.51. The fraction of sp³-hybridized carbons (Fsp3) is 0.467. The maximum Gasteiger partial charge on any atom is 0.00442 e. The van der Waals surface area contributed by atoms with Crippen LogP contribution in [0.2, 0.25) is 0 Å². The number of rotatable bonds is 1. The molecule has 0 unspecified atom stereocenters. The van der Waals surface area contributed by atoms with Crippen LogP contribution in [0, 0.1) is 12.8 Å². The molecule has 1 aromatic rings. The summed E-state index contributed by atoms with van der Waals surface area (Å²) in [6.45, 7) is 9.07. The Kier molecular flexibility index (Phi) is 2.68. The lowest BCUT2D eigenvalue weighted by Crippen LogP contribution is -2.12. The van der Waals surface area contributed by atoms with E-state index >= 15 is 0 Å². The summed E-state index contributed by atoms with van der Waals surface area (Å²) in [5.41, 5.74) is 4.43. The molecule has 0 saturated heterocycles. The molecule has 0 nitrogen and oxygen atoms in total. The molecule has 0 heterocycles. The SMILES string of the molecule is Cc1ccc2c(c1)[C@H](C(C)C)C=C[C@@H]2C. The van der Waals surface area contributed by atoms with Gasteiger partial charge in [0.2, 0.25) is 0 Å². The molecule has 1 aliphatic rings. The van der Waals surface area contributed by atoms with Gasteiger partial charge in [-0.25, -0.2) is 0 Å². The molecule has 0 aliphatic heterocycles. The normalized spacial score (nSPS) is 24.3. The minimum Gasteiger partial charge on any atom is -0.0807 e. The predicted octanol–water partition coefficient (Wildman–Crippen LogP) is 4.41. The van der Waals surface area contributed by atoms with Crippen molar-refractivity contribution in [3.63, 3.8) is 0 Å². The lowest BCUT2D eigenvalue weighted by atomic mass is 9.77. The van der Waals surface area contributed by atoms with Crippen molar-refractivity contribution < 1.29 is 0 Å². The molecule has 0 spiro atoms. The summed E-state index contributed by atoms with van der Waals surface area (Å²) < 4.78 is 0. The standard InChI is InChI=1S/C15H20/c1-10(2)13-8-6-12(4)14-7-5-11(3)9-15(13)14/h5-10,12-13H,1-4H3/t12-,13-/m0/s1. The van der Waals surface area contributed by atoms with Crippen LogP contribution in [0.1, 0.15) is 49.3 Å². The van der Waals surface area contributed by atoms with Crippen molar-refractivity contribution in [1.29, 1.82) is 0 Å². The Labute approximate surface area is 93.0 Å². The van der Waals surface area contributed by atoms with E-state index in [1.54, 1.807) is 5.56 Å². The summed E-state index contributed by atoms with van der Waals surface area (Å²) >= 11 is 0. The highest BCUT2D eigenvalue weighted by Crippen LogP contribution is 2.37. The first kappa shape index (κ1) is 10.5. The summed E-state index contributed by atoms with van der Waals surface area (Å²) in [4.78, 5) is 0. The molecule has 1 aromatic carbocycles. The molecule has 15 heavy (non-hydrogen) atoms. The van der Waals surface area contributed by atoms with Gasteiger partial charge >= 0.3 is 0 Å². The molecule has 2 rings (SSSR count). The zero-order valence-electron chi connectivity index (χ0n) is 10.1. The lowest BCUT2D eigenvalue weighted by Gasteiger charge is -2.27. The number of hydrogen-bond acceptors (Lipinski definition) is 0. The second-order valence-corrected chi connectivity index (χ2v) is 5.08. The van der Waals surface area contributed by atoms with Gasteiger partial charge in [0.05, 0.1) is 0 Å². The highest BCUT2D eigenvalue weighted by Gasteiger charge is 2.22. The second kappa shape index (κ2) is 3.84. The van der Waals surface area contributed by atoms with Gasteiger partial charge in [-0.05, 0) is 29.9 Å². The number of hydrogen-bond donors (Lipinski definition) is 0. The van der Waals surface area contributed by atoms with Crippen LogP contribution in [0.3, 0.4) is 0 Å². The van der Waals surface area contributed by atoms with Crippen LogP contribution in [-0.4, -0.2) is 0 Å². The minimum absolute atomic E-state index is 0.579. The topological polar surface area (TPSA) is 0 Å². The molecule has 0 amide bonds. The van der Waals surface area contributed by atoms with Crippen molar-refractivity contribution in [2.45, 2.75) is 39.5 Å². The van der Waals surface area contributed by atoms with Gasteiger partial charge in [0.15, 0.2) is 0 Å². The number of aryl methyl sites for hydroxylation is 1. The zero-order valence-corrected chi connectivity index (χ0v) is 10.1. The van der Waals surface area contributed by atoms with E-state index in [1.807, 2.05) is 0 Å². The molecule has 2 atom stereocenters. The van der Waals surface area contributed by atoms with E-state index in [9.17, 15) is 0 Å². The number of fused-ring (bicyclic) bond motifs is 1. The van der Waals surface area contributed by atoms with E-state index < -0.39 is 0 Å². The van der Waals surface area contributed by atoms with E-state index in [0.29, 0.717) is 17.8 Å². The Morgan fingerprint density at radius 3 is 2.47 bits per heavy atom. The smallest absolute Gasteiger partial charge is 0.00442 e. The molecular weight excluding hydrogens is 180 g/mol. The average molecular weight is 200 g/mol. The summed E-state index contributed by atoms with van der Waals surface area (Å²) in [6, 6.07) is 6.89. The van der Waals surface area contributed by atoms with E-state index in [1.165, 1.54) is 11.1 Å². The van der Waals surface area contributed by atoms with Gasteiger partial charge in [-0.2, -0.15) is 0 Å². The van der Waals surface area contributed by atoms with E-state index in [2.05, 4.69) is 58.0 Å². The first-order chi connectivity index (χ1) is 7.09. The third-order valence-electron chi connectivity index (χ3n) is 3.42. The molecule has 0 bridgehead atoms. The van der Waals surface area contributed by atoms with Gasteiger partial charge in [-0.1, -0.05) is 56.7 Å². The molecule has 1 aliphatic carbocycles. The van der Waals surface area contributed by atoms with Crippen molar-refractivity contribution in [1.82, 2.24) is 0 Å². The molecular formula is C15H20. The van der Waals surface area contributed by atoms with Gasteiger partial charge in [0, 0.05) is 5.92 Å². The van der Waals surface area contributed by atoms with Crippen LogP contribution in [0.25, 0.3) is 0 Å². The van der Waals surface area contributed by atoms with Crippen LogP contribution in [0.15, 0.2) is 30.4 Å². The van der Waals surface area contributed by atoms with Gasteiger partial charge in [0.1, 0.15) is 0 Å². The van der Waals surface area contributed by atoms with Crippen LogP contribution in [0.4, 0.5) is 0 Å². The lowest BCUT2D eigenvalue weighted by molar-refractivity contribution is 0.562. The van der Waals surface area contributed by atoms with Crippen molar-refractivity contribution in [3.8, 4) is 0 Å². The third kappa shape index (κ3) is 1.86. The largest absolute Gasteiger partial charge is 0.0807 e. The summed E-state index contributed by atoms with van der Waals surface area (Å²) in [7, 11) is 0. The quantitative estimate of drug-likeness (QED) is 0.589. The fourth-order valence-electron chi connectivity index (χ4n) is 2.47. The predicted molar refractivity (Wildman–Crippen MR) is 66.3 cm³/mol. The Bertz CT molecular complexity index is 385. The Morgan fingerprint density at radius 1 is 1.07 bits per heavy atom. The number of allylic oxidation sites excluding steroid dienone is 2. The molecule has 0 saturated carbocycles. The van der Waals surface area contributed by atoms with Crippen molar-refractivity contribution in [2.24, 2.45) is 5.92 Å². The zero-order chi connectivity index (χ0) is 11.0. The fourth-order valence-corrected chi connectivity index (χ4v) is 2.47. The van der Waals surface area contributed by atoms with E-state index in [-0.39, 0.29) is 0 Å². The number of benzene rings is 1.